The van der Waals surface area contributed by atoms with Gasteiger partial charge in [0.1, 0.15) is 0 Å². The summed E-state index contributed by atoms with van der Waals surface area (Å²) in [7, 11) is 0. The maximum atomic E-state index is 11.0. The summed E-state index contributed by atoms with van der Waals surface area (Å²) in [5.41, 5.74) is 5.46. The van der Waals surface area contributed by atoms with E-state index >= 15 is 0 Å². The number of hydrogen-bond donors (Lipinski definition) is 2. The summed E-state index contributed by atoms with van der Waals surface area (Å²) in [6.45, 7) is 6.06. The summed E-state index contributed by atoms with van der Waals surface area (Å²) in [6.07, 6.45) is 3.24. The molecule has 3 nitrogen and oxygen atoms in total. The summed E-state index contributed by atoms with van der Waals surface area (Å²) in [4.78, 5) is 11.0. The Labute approximate surface area is 67.7 Å². The summed E-state index contributed by atoms with van der Waals surface area (Å²) < 4.78 is 0. The number of carbonyl (C=O) groups excluding carboxylic acids is 1. The number of rotatable bonds is 5. The average Bonchev–Trinajstić information content (AvgIpc) is 2.03. The van der Waals surface area contributed by atoms with Crippen LogP contribution in [0, 0.1) is 0 Å². The summed E-state index contributed by atoms with van der Waals surface area (Å²) in [6, 6.07) is -0.361. The van der Waals surface area contributed by atoms with E-state index in [4.69, 9.17) is 5.73 Å². The van der Waals surface area contributed by atoms with Crippen molar-refractivity contribution in [1.82, 2.24) is 5.32 Å². The molecule has 1 atom stereocenters. The zero-order chi connectivity index (χ0) is 8.69. The van der Waals surface area contributed by atoms with E-state index in [1.54, 1.807) is 6.08 Å². The first-order chi connectivity index (χ1) is 5.22. The van der Waals surface area contributed by atoms with E-state index in [0.29, 0.717) is 13.0 Å². The fraction of sp³-hybridized carbons (Fsp3) is 0.625. The van der Waals surface area contributed by atoms with Gasteiger partial charge in [-0.05, 0) is 12.8 Å². The number of hydrogen-bond acceptors (Lipinski definition) is 2. The number of carbonyl (C=O) groups is 1. The maximum Gasteiger partial charge on any atom is 0.236 e. The molecule has 0 aliphatic carbocycles. The van der Waals surface area contributed by atoms with Crippen LogP contribution in [0.4, 0.5) is 0 Å². The van der Waals surface area contributed by atoms with Gasteiger partial charge >= 0.3 is 0 Å². The van der Waals surface area contributed by atoms with Crippen molar-refractivity contribution in [1.29, 1.82) is 0 Å². The average molecular weight is 156 g/mol. The minimum Gasteiger partial charge on any atom is -0.354 e. The molecule has 0 rings (SSSR count). The molecule has 3 N–H and O–H groups in total. The van der Waals surface area contributed by atoms with Gasteiger partial charge in [0.15, 0.2) is 0 Å². The van der Waals surface area contributed by atoms with Crippen molar-refractivity contribution in [3.63, 3.8) is 0 Å². The summed E-state index contributed by atoms with van der Waals surface area (Å²) in [5.74, 6) is -0.0747. The van der Waals surface area contributed by atoms with Gasteiger partial charge in [-0.25, -0.2) is 0 Å². The molecule has 64 valence electrons. The second-order valence-corrected chi connectivity index (χ2v) is 2.38. The van der Waals surface area contributed by atoms with Crippen LogP contribution in [0.15, 0.2) is 12.7 Å². The molecule has 0 aromatic carbocycles. The van der Waals surface area contributed by atoms with Crippen molar-refractivity contribution in [2.45, 2.75) is 25.8 Å². The van der Waals surface area contributed by atoms with Gasteiger partial charge in [-0.3, -0.25) is 4.79 Å². The molecule has 0 aromatic heterocycles. The number of nitrogens with two attached hydrogens (primary N) is 1. The van der Waals surface area contributed by atoms with Gasteiger partial charge in [-0.2, -0.15) is 0 Å². The van der Waals surface area contributed by atoms with E-state index in [1.165, 1.54) is 0 Å². The van der Waals surface area contributed by atoms with E-state index in [0.717, 1.165) is 6.42 Å². The first-order valence-corrected chi connectivity index (χ1v) is 3.86. The minimum atomic E-state index is -0.361. The number of amides is 1. The predicted octanol–water partition coefficient (Wildman–Crippen LogP) is 0.416. The zero-order valence-corrected chi connectivity index (χ0v) is 6.97. The molecule has 0 spiro atoms. The van der Waals surface area contributed by atoms with Gasteiger partial charge in [0.25, 0.3) is 0 Å². The maximum absolute atomic E-state index is 11.0. The lowest BCUT2D eigenvalue weighted by Crippen LogP contribution is -2.40. The van der Waals surface area contributed by atoms with Crippen LogP contribution in [0.3, 0.4) is 0 Å². The van der Waals surface area contributed by atoms with Gasteiger partial charge in [-0.1, -0.05) is 13.0 Å². The highest BCUT2D eigenvalue weighted by Crippen LogP contribution is 1.85. The molecule has 3 heteroatoms. The molecule has 0 heterocycles. The fourth-order valence-electron chi connectivity index (χ4n) is 0.614. The molecule has 0 saturated heterocycles. The van der Waals surface area contributed by atoms with E-state index in [1.807, 2.05) is 6.92 Å². The van der Waals surface area contributed by atoms with Crippen LogP contribution in [0.2, 0.25) is 0 Å². The predicted molar refractivity (Wildman–Crippen MR) is 46.1 cm³/mol. The second kappa shape index (κ2) is 5.92. The zero-order valence-electron chi connectivity index (χ0n) is 6.97. The van der Waals surface area contributed by atoms with Crippen LogP contribution in [-0.2, 0) is 4.79 Å². The van der Waals surface area contributed by atoms with Crippen molar-refractivity contribution in [3.8, 4) is 0 Å². The topological polar surface area (TPSA) is 55.1 Å². The molecule has 0 saturated carbocycles. The highest BCUT2D eigenvalue weighted by atomic mass is 16.2. The third kappa shape index (κ3) is 4.56. The highest BCUT2D eigenvalue weighted by Gasteiger charge is 2.08. The summed E-state index contributed by atoms with van der Waals surface area (Å²) >= 11 is 0. The van der Waals surface area contributed by atoms with Gasteiger partial charge in [0.05, 0.1) is 6.04 Å². The Morgan fingerprint density at radius 1 is 1.82 bits per heavy atom. The largest absolute Gasteiger partial charge is 0.354 e. The molecule has 11 heavy (non-hydrogen) atoms. The Hall–Kier alpha value is -0.830. The smallest absolute Gasteiger partial charge is 0.236 e. The Bertz CT molecular complexity index is 134. The van der Waals surface area contributed by atoms with Gasteiger partial charge in [-0.15, -0.1) is 6.58 Å². The lowest BCUT2D eigenvalue weighted by atomic mass is 10.2. The Balaban J connectivity index is 3.43. The number of nitrogens with one attached hydrogen (secondary N) is 1. The first-order valence-electron chi connectivity index (χ1n) is 3.86. The van der Waals surface area contributed by atoms with Crippen molar-refractivity contribution in [2.24, 2.45) is 5.73 Å². The van der Waals surface area contributed by atoms with Crippen molar-refractivity contribution in [2.75, 3.05) is 6.54 Å². The van der Waals surface area contributed by atoms with Crippen LogP contribution in [0.1, 0.15) is 19.8 Å². The monoisotopic (exact) mass is 156 g/mol. The summed E-state index contributed by atoms with van der Waals surface area (Å²) in [5, 5.41) is 2.70. The van der Waals surface area contributed by atoms with Gasteiger partial charge in [0.2, 0.25) is 5.91 Å². The highest BCUT2D eigenvalue weighted by molar-refractivity contribution is 5.81. The van der Waals surface area contributed by atoms with Crippen molar-refractivity contribution >= 4 is 5.91 Å². The van der Waals surface area contributed by atoms with Crippen molar-refractivity contribution in [3.05, 3.63) is 12.7 Å². The second-order valence-electron chi connectivity index (χ2n) is 2.38. The van der Waals surface area contributed by atoms with Crippen LogP contribution >= 0.6 is 0 Å². The molecule has 1 amide bonds. The molecular formula is C8H16N2O. The third-order valence-corrected chi connectivity index (χ3v) is 1.42. The van der Waals surface area contributed by atoms with Crippen molar-refractivity contribution < 1.29 is 4.79 Å². The molecule has 0 bridgehead atoms. The molecule has 0 fully saturated rings. The molecule has 0 aromatic rings. The Morgan fingerprint density at radius 2 is 2.45 bits per heavy atom. The van der Waals surface area contributed by atoms with Crippen LogP contribution in [0.5, 0.6) is 0 Å². The Kier molecular flexibility index (Phi) is 5.47. The first kappa shape index (κ1) is 10.2. The van der Waals surface area contributed by atoms with Gasteiger partial charge in [0, 0.05) is 6.54 Å². The van der Waals surface area contributed by atoms with E-state index in [2.05, 4.69) is 11.9 Å². The lowest BCUT2D eigenvalue weighted by Gasteiger charge is -2.08. The molecular weight excluding hydrogens is 140 g/mol. The van der Waals surface area contributed by atoms with Crippen LogP contribution in [0.25, 0.3) is 0 Å². The Morgan fingerprint density at radius 3 is 2.91 bits per heavy atom. The van der Waals surface area contributed by atoms with E-state index in [9.17, 15) is 4.79 Å². The quantitative estimate of drug-likeness (QED) is 0.447. The molecule has 1 unspecified atom stereocenters. The molecule has 0 aliphatic heterocycles. The van der Waals surface area contributed by atoms with E-state index in [-0.39, 0.29) is 11.9 Å². The normalized spacial score (nSPS) is 12.2. The van der Waals surface area contributed by atoms with Crippen LogP contribution < -0.4 is 11.1 Å². The standard InChI is InChI=1S/C8H16N2O/c1-3-5-6-10-8(11)7(9)4-2/h3,7H,1,4-6,9H2,2H3,(H,10,11). The lowest BCUT2D eigenvalue weighted by molar-refractivity contribution is -0.122. The van der Waals surface area contributed by atoms with Gasteiger partial charge < -0.3 is 11.1 Å². The molecule has 0 radical (unpaired) electrons. The molecule has 0 aliphatic rings. The fourth-order valence-corrected chi connectivity index (χ4v) is 0.614. The third-order valence-electron chi connectivity index (χ3n) is 1.42. The minimum absolute atomic E-state index is 0.0747. The van der Waals surface area contributed by atoms with Crippen LogP contribution in [-0.4, -0.2) is 18.5 Å². The SMILES string of the molecule is C=CCCNC(=O)C(N)CC. The van der Waals surface area contributed by atoms with E-state index < -0.39 is 0 Å².